The highest BCUT2D eigenvalue weighted by atomic mass is 16.5. The molecule has 2 aliphatic rings. The molecule has 1 saturated heterocycles. The minimum absolute atomic E-state index is 0.00610. The zero-order chi connectivity index (χ0) is 13.5. The van der Waals surface area contributed by atoms with E-state index in [2.05, 4.69) is 5.32 Å². The molecule has 19 heavy (non-hydrogen) atoms. The number of carbonyl (C=O) groups excluding carboxylic acids is 1. The van der Waals surface area contributed by atoms with Crippen LogP contribution in [0.3, 0.4) is 0 Å². The number of carbonyl (C=O) groups is 1. The van der Waals surface area contributed by atoms with Gasteiger partial charge in [-0.15, -0.1) is 0 Å². The van der Waals surface area contributed by atoms with Gasteiger partial charge in [0.25, 0.3) is 0 Å². The first-order chi connectivity index (χ1) is 9.29. The number of ether oxygens (including phenoxy) is 2. The zero-order valence-electron chi connectivity index (χ0n) is 11.8. The molecule has 1 saturated carbocycles. The summed E-state index contributed by atoms with van der Waals surface area (Å²) in [6, 6.07) is 0.00610. The van der Waals surface area contributed by atoms with Crippen LogP contribution in [0.25, 0.3) is 0 Å². The van der Waals surface area contributed by atoms with Gasteiger partial charge in [0.1, 0.15) is 0 Å². The zero-order valence-corrected chi connectivity index (χ0v) is 11.8. The number of hydrogen-bond donors (Lipinski definition) is 1. The minimum Gasteiger partial charge on any atom is -0.379 e. The Morgan fingerprint density at radius 3 is 2.95 bits per heavy atom. The minimum atomic E-state index is 0.00610. The molecule has 4 nitrogen and oxygen atoms in total. The summed E-state index contributed by atoms with van der Waals surface area (Å²) in [6.07, 6.45) is 9.10. The Morgan fingerprint density at radius 2 is 2.26 bits per heavy atom. The first-order valence-corrected chi connectivity index (χ1v) is 7.39. The third kappa shape index (κ3) is 4.62. The number of amides is 1. The van der Waals surface area contributed by atoms with Gasteiger partial charge in [-0.25, -0.2) is 0 Å². The summed E-state index contributed by atoms with van der Waals surface area (Å²) in [5, 5.41) is 3.02. The highest BCUT2D eigenvalue weighted by Gasteiger charge is 2.29. The lowest BCUT2D eigenvalue weighted by molar-refractivity contribution is -0.126. The van der Waals surface area contributed by atoms with Crippen LogP contribution in [0, 0.1) is 5.92 Å². The normalized spacial score (nSPS) is 28.3. The molecule has 2 atom stereocenters. The molecule has 1 N–H and O–H groups in total. The van der Waals surface area contributed by atoms with Crippen LogP contribution in [0.2, 0.25) is 0 Å². The van der Waals surface area contributed by atoms with Crippen LogP contribution >= 0.6 is 0 Å². The highest BCUT2D eigenvalue weighted by molar-refractivity contribution is 5.77. The van der Waals surface area contributed by atoms with Gasteiger partial charge in [-0.3, -0.25) is 4.79 Å². The lowest BCUT2D eigenvalue weighted by Gasteiger charge is -2.34. The van der Waals surface area contributed by atoms with E-state index in [0.717, 1.165) is 25.6 Å². The topological polar surface area (TPSA) is 47.6 Å². The summed E-state index contributed by atoms with van der Waals surface area (Å²) >= 11 is 0. The first kappa shape index (κ1) is 14.5. The molecule has 1 aliphatic carbocycles. The van der Waals surface area contributed by atoms with E-state index in [1.54, 1.807) is 0 Å². The number of hydrogen-bond acceptors (Lipinski definition) is 3. The molecular formula is C15H25NO3. The van der Waals surface area contributed by atoms with Crippen LogP contribution in [-0.2, 0) is 14.3 Å². The van der Waals surface area contributed by atoms with E-state index in [0.29, 0.717) is 13.0 Å². The molecule has 1 aliphatic heterocycles. The van der Waals surface area contributed by atoms with Crippen molar-refractivity contribution in [3.8, 4) is 0 Å². The van der Waals surface area contributed by atoms with Gasteiger partial charge in [0.2, 0.25) is 5.91 Å². The third-order valence-corrected chi connectivity index (χ3v) is 3.95. The van der Waals surface area contributed by atoms with Crippen molar-refractivity contribution in [2.75, 3.05) is 19.8 Å². The molecule has 0 aromatic rings. The maximum absolute atomic E-state index is 11.7. The van der Waals surface area contributed by atoms with Gasteiger partial charge < -0.3 is 14.8 Å². The van der Waals surface area contributed by atoms with Crippen molar-refractivity contribution >= 4 is 5.91 Å². The molecule has 1 amide bonds. The molecule has 2 rings (SSSR count). The van der Waals surface area contributed by atoms with Gasteiger partial charge in [-0.1, -0.05) is 18.6 Å². The second kappa shape index (κ2) is 7.65. The maximum atomic E-state index is 11.7. The second-order valence-corrected chi connectivity index (χ2v) is 5.48. The Hall–Kier alpha value is -0.870. The van der Waals surface area contributed by atoms with E-state index in [1.807, 2.05) is 19.1 Å². The number of rotatable bonds is 6. The van der Waals surface area contributed by atoms with Crippen molar-refractivity contribution in [2.24, 2.45) is 5.92 Å². The predicted molar refractivity (Wildman–Crippen MR) is 73.9 cm³/mol. The van der Waals surface area contributed by atoms with Crippen LogP contribution in [0.5, 0.6) is 0 Å². The molecule has 0 aromatic carbocycles. The predicted octanol–water partition coefficient (Wildman–Crippen LogP) is 2.04. The van der Waals surface area contributed by atoms with Crippen LogP contribution < -0.4 is 5.32 Å². The average molecular weight is 267 g/mol. The van der Waals surface area contributed by atoms with E-state index < -0.39 is 0 Å². The average Bonchev–Trinajstić information content (AvgIpc) is 2.36. The van der Waals surface area contributed by atoms with E-state index in [4.69, 9.17) is 9.47 Å². The molecule has 0 aromatic heterocycles. The largest absolute Gasteiger partial charge is 0.379 e. The van der Waals surface area contributed by atoms with E-state index in [1.165, 1.54) is 19.3 Å². The summed E-state index contributed by atoms with van der Waals surface area (Å²) < 4.78 is 11.4. The van der Waals surface area contributed by atoms with Gasteiger partial charge in [-0.2, -0.15) is 0 Å². The Morgan fingerprint density at radius 1 is 1.42 bits per heavy atom. The Balaban J connectivity index is 1.75. The molecule has 0 unspecified atom stereocenters. The van der Waals surface area contributed by atoms with Gasteiger partial charge in [-0.05, 0) is 32.1 Å². The van der Waals surface area contributed by atoms with Gasteiger partial charge in [0.05, 0.1) is 18.8 Å². The molecule has 0 radical (unpaired) electrons. The van der Waals surface area contributed by atoms with Crippen molar-refractivity contribution in [3.63, 3.8) is 0 Å². The molecule has 2 fully saturated rings. The van der Waals surface area contributed by atoms with Crippen molar-refractivity contribution in [1.29, 1.82) is 0 Å². The summed E-state index contributed by atoms with van der Waals surface area (Å²) in [4.78, 5) is 11.7. The third-order valence-electron chi connectivity index (χ3n) is 3.95. The van der Waals surface area contributed by atoms with E-state index >= 15 is 0 Å². The Bertz CT molecular complexity index is 313. The molecule has 0 bridgehead atoms. The van der Waals surface area contributed by atoms with E-state index in [-0.39, 0.29) is 18.1 Å². The fourth-order valence-electron chi connectivity index (χ4n) is 2.46. The smallest absolute Gasteiger partial charge is 0.224 e. The Labute approximate surface area is 115 Å². The molecule has 4 heteroatoms. The first-order valence-electron chi connectivity index (χ1n) is 7.39. The second-order valence-electron chi connectivity index (χ2n) is 5.48. The van der Waals surface area contributed by atoms with Crippen molar-refractivity contribution in [1.82, 2.24) is 5.32 Å². The lowest BCUT2D eigenvalue weighted by Crippen LogP contribution is -2.51. The fraction of sp³-hybridized carbons (Fsp3) is 0.800. The Kier molecular flexibility index (Phi) is 5.86. The number of nitrogens with one attached hydrogen (secondary N) is 1. The quantitative estimate of drug-likeness (QED) is 0.749. The van der Waals surface area contributed by atoms with Crippen LogP contribution in [0.1, 0.15) is 39.0 Å². The molecule has 108 valence electrons. The van der Waals surface area contributed by atoms with Gasteiger partial charge >= 0.3 is 0 Å². The SMILES string of the molecule is C/C=C/CC(=O)N[C@@H]1COCC[C@@H]1OCC1CCC1. The fourth-order valence-corrected chi connectivity index (χ4v) is 2.46. The summed E-state index contributed by atoms with van der Waals surface area (Å²) in [5.41, 5.74) is 0. The van der Waals surface area contributed by atoms with Crippen molar-refractivity contribution < 1.29 is 14.3 Å². The standard InChI is InChI=1S/C15H25NO3/c1-2-3-7-15(17)16-13-11-18-9-8-14(13)19-10-12-5-4-6-12/h2-3,12-14H,4-11H2,1H3,(H,16,17)/b3-2+/t13-,14+/m1/s1. The van der Waals surface area contributed by atoms with Crippen LogP contribution in [0.4, 0.5) is 0 Å². The summed E-state index contributed by atoms with van der Waals surface area (Å²) in [7, 11) is 0. The molecular weight excluding hydrogens is 242 g/mol. The molecule has 0 spiro atoms. The van der Waals surface area contributed by atoms with Gasteiger partial charge in [0.15, 0.2) is 0 Å². The monoisotopic (exact) mass is 267 g/mol. The van der Waals surface area contributed by atoms with E-state index in [9.17, 15) is 4.79 Å². The van der Waals surface area contributed by atoms with Crippen molar-refractivity contribution in [2.45, 2.75) is 51.2 Å². The van der Waals surface area contributed by atoms with Crippen molar-refractivity contribution in [3.05, 3.63) is 12.2 Å². The highest BCUT2D eigenvalue weighted by Crippen LogP contribution is 2.27. The van der Waals surface area contributed by atoms with Crippen LogP contribution in [-0.4, -0.2) is 37.9 Å². The van der Waals surface area contributed by atoms with Gasteiger partial charge in [0, 0.05) is 19.6 Å². The summed E-state index contributed by atoms with van der Waals surface area (Å²) in [5.74, 6) is 0.785. The molecule has 1 heterocycles. The summed E-state index contributed by atoms with van der Waals surface area (Å²) in [6.45, 7) is 4.06. The lowest BCUT2D eigenvalue weighted by atomic mass is 9.86. The maximum Gasteiger partial charge on any atom is 0.224 e. The number of allylic oxidation sites excluding steroid dienone is 1. The van der Waals surface area contributed by atoms with Crippen LogP contribution in [0.15, 0.2) is 12.2 Å².